The van der Waals surface area contributed by atoms with Crippen LogP contribution in [0.2, 0.25) is 0 Å². The molecular weight excluding hydrogens is 188 g/mol. The SMILES string of the molecule is CC(C)(C)C(C=O)CC(C)(C)C(C)(C)O. The van der Waals surface area contributed by atoms with Crippen molar-refractivity contribution < 1.29 is 9.90 Å². The summed E-state index contributed by atoms with van der Waals surface area (Å²) in [7, 11) is 0. The molecule has 2 nitrogen and oxygen atoms in total. The monoisotopic (exact) mass is 214 g/mol. The Morgan fingerprint density at radius 2 is 1.47 bits per heavy atom. The fourth-order valence-electron chi connectivity index (χ4n) is 1.36. The quantitative estimate of drug-likeness (QED) is 0.730. The van der Waals surface area contributed by atoms with E-state index in [1.54, 1.807) is 13.8 Å². The Morgan fingerprint density at radius 1 is 1.07 bits per heavy atom. The van der Waals surface area contributed by atoms with E-state index in [2.05, 4.69) is 20.8 Å². The van der Waals surface area contributed by atoms with Crippen molar-refractivity contribution in [3.63, 3.8) is 0 Å². The molecule has 0 aromatic rings. The van der Waals surface area contributed by atoms with E-state index < -0.39 is 5.60 Å². The summed E-state index contributed by atoms with van der Waals surface area (Å²) in [4.78, 5) is 11.1. The summed E-state index contributed by atoms with van der Waals surface area (Å²) >= 11 is 0. The van der Waals surface area contributed by atoms with Gasteiger partial charge in [0.1, 0.15) is 6.29 Å². The Labute approximate surface area is 94.1 Å². The minimum absolute atomic E-state index is 0.0149. The van der Waals surface area contributed by atoms with Crippen molar-refractivity contribution in [3.05, 3.63) is 0 Å². The first-order valence-corrected chi connectivity index (χ1v) is 5.59. The molecule has 0 aliphatic carbocycles. The second-order valence-electron chi connectivity index (χ2n) is 6.76. The molecule has 0 aliphatic heterocycles. The van der Waals surface area contributed by atoms with Crippen molar-refractivity contribution in [2.75, 3.05) is 0 Å². The molecule has 0 spiro atoms. The van der Waals surface area contributed by atoms with E-state index in [1.807, 2.05) is 13.8 Å². The van der Waals surface area contributed by atoms with Crippen LogP contribution in [0.1, 0.15) is 54.9 Å². The lowest BCUT2D eigenvalue weighted by Crippen LogP contribution is -2.42. The van der Waals surface area contributed by atoms with E-state index in [9.17, 15) is 9.90 Å². The highest BCUT2D eigenvalue weighted by molar-refractivity contribution is 5.55. The van der Waals surface area contributed by atoms with Crippen molar-refractivity contribution in [1.29, 1.82) is 0 Å². The summed E-state index contributed by atoms with van der Waals surface area (Å²) in [5, 5.41) is 10.0. The standard InChI is InChI=1S/C13H26O2/c1-11(2,3)10(9-14)8-12(4,5)13(6,7)15/h9-10,15H,8H2,1-7H3. The third-order valence-electron chi connectivity index (χ3n) is 3.66. The van der Waals surface area contributed by atoms with Gasteiger partial charge in [-0.1, -0.05) is 34.6 Å². The topological polar surface area (TPSA) is 37.3 Å². The van der Waals surface area contributed by atoms with Gasteiger partial charge in [0.05, 0.1) is 5.60 Å². The maximum atomic E-state index is 11.1. The number of hydrogen-bond acceptors (Lipinski definition) is 2. The highest BCUT2D eigenvalue weighted by Gasteiger charge is 2.39. The van der Waals surface area contributed by atoms with E-state index in [1.165, 1.54) is 0 Å². The molecule has 1 N–H and O–H groups in total. The van der Waals surface area contributed by atoms with Gasteiger partial charge in [-0.25, -0.2) is 0 Å². The third kappa shape index (κ3) is 3.94. The van der Waals surface area contributed by atoms with Crippen molar-refractivity contribution in [3.8, 4) is 0 Å². The van der Waals surface area contributed by atoms with Gasteiger partial charge in [-0.2, -0.15) is 0 Å². The Kier molecular flexibility index (Phi) is 4.14. The van der Waals surface area contributed by atoms with Crippen LogP contribution in [0.4, 0.5) is 0 Å². The van der Waals surface area contributed by atoms with E-state index >= 15 is 0 Å². The Bertz CT molecular complexity index is 216. The normalized spacial score (nSPS) is 16.3. The molecule has 0 aromatic heterocycles. The van der Waals surface area contributed by atoms with Crippen LogP contribution < -0.4 is 0 Å². The molecule has 0 saturated carbocycles. The van der Waals surface area contributed by atoms with E-state index in [-0.39, 0.29) is 16.7 Å². The van der Waals surface area contributed by atoms with Crippen LogP contribution >= 0.6 is 0 Å². The van der Waals surface area contributed by atoms with Crippen LogP contribution in [0.25, 0.3) is 0 Å². The van der Waals surface area contributed by atoms with Gasteiger partial charge in [-0.05, 0) is 31.1 Å². The number of carbonyl (C=O) groups is 1. The molecule has 0 heterocycles. The lowest BCUT2D eigenvalue weighted by molar-refractivity contribution is -0.118. The molecule has 0 amide bonds. The first kappa shape index (κ1) is 14.6. The molecule has 15 heavy (non-hydrogen) atoms. The van der Waals surface area contributed by atoms with Crippen molar-refractivity contribution in [2.45, 2.75) is 60.5 Å². The highest BCUT2D eigenvalue weighted by Crippen LogP contribution is 2.41. The Balaban J connectivity index is 4.78. The van der Waals surface area contributed by atoms with E-state index in [0.29, 0.717) is 6.42 Å². The number of carbonyl (C=O) groups excluding carboxylic acids is 1. The Morgan fingerprint density at radius 3 is 1.67 bits per heavy atom. The summed E-state index contributed by atoms with van der Waals surface area (Å²) < 4.78 is 0. The number of hydrogen-bond donors (Lipinski definition) is 1. The molecular formula is C13H26O2. The summed E-state index contributed by atoms with van der Waals surface area (Å²) in [5.74, 6) is -0.0149. The van der Waals surface area contributed by atoms with Crippen LogP contribution in [-0.4, -0.2) is 17.0 Å². The second-order valence-corrected chi connectivity index (χ2v) is 6.76. The molecule has 0 rings (SSSR count). The third-order valence-corrected chi connectivity index (χ3v) is 3.66. The largest absolute Gasteiger partial charge is 0.390 e. The zero-order valence-electron chi connectivity index (χ0n) is 11.2. The first-order valence-electron chi connectivity index (χ1n) is 5.59. The van der Waals surface area contributed by atoms with Gasteiger partial charge in [0, 0.05) is 5.92 Å². The molecule has 1 unspecified atom stereocenters. The average molecular weight is 214 g/mol. The fraction of sp³-hybridized carbons (Fsp3) is 0.923. The van der Waals surface area contributed by atoms with E-state index in [0.717, 1.165) is 6.29 Å². The van der Waals surface area contributed by atoms with Crippen LogP contribution in [0.5, 0.6) is 0 Å². The molecule has 1 atom stereocenters. The summed E-state index contributed by atoms with van der Waals surface area (Å²) in [6.07, 6.45) is 1.73. The highest BCUT2D eigenvalue weighted by atomic mass is 16.3. The van der Waals surface area contributed by atoms with Gasteiger partial charge >= 0.3 is 0 Å². The molecule has 90 valence electrons. The summed E-state index contributed by atoms with van der Waals surface area (Å²) in [6, 6.07) is 0. The van der Waals surface area contributed by atoms with Crippen molar-refractivity contribution in [2.24, 2.45) is 16.7 Å². The van der Waals surface area contributed by atoms with Gasteiger partial charge in [-0.15, -0.1) is 0 Å². The molecule has 0 aromatic carbocycles. The maximum absolute atomic E-state index is 11.1. The zero-order chi connectivity index (χ0) is 12.5. The Hall–Kier alpha value is -0.370. The number of aldehydes is 1. The summed E-state index contributed by atoms with van der Waals surface area (Å²) in [6.45, 7) is 13.8. The average Bonchev–Trinajstić information content (AvgIpc) is 1.95. The molecule has 0 fully saturated rings. The predicted molar refractivity (Wildman–Crippen MR) is 63.7 cm³/mol. The molecule has 0 aliphatic rings. The molecule has 0 saturated heterocycles. The van der Waals surface area contributed by atoms with Gasteiger partial charge < -0.3 is 9.90 Å². The van der Waals surface area contributed by atoms with Gasteiger partial charge in [0.15, 0.2) is 0 Å². The lowest BCUT2D eigenvalue weighted by Gasteiger charge is -2.41. The minimum Gasteiger partial charge on any atom is -0.390 e. The van der Waals surface area contributed by atoms with Crippen LogP contribution in [0.3, 0.4) is 0 Å². The van der Waals surface area contributed by atoms with Crippen molar-refractivity contribution >= 4 is 6.29 Å². The van der Waals surface area contributed by atoms with Gasteiger partial charge in [0.25, 0.3) is 0 Å². The zero-order valence-corrected chi connectivity index (χ0v) is 11.2. The lowest BCUT2D eigenvalue weighted by atomic mass is 9.66. The molecule has 2 heteroatoms. The smallest absolute Gasteiger partial charge is 0.123 e. The maximum Gasteiger partial charge on any atom is 0.123 e. The van der Waals surface area contributed by atoms with Gasteiger partial charge in [0.2, 0.25) is 0 Å². The van der Waals surface area contributed by atoms with Crippen LogP contribution in [-0.2, 0) is 4.79 Å². The molecule has 0 bridgehead atoms. The first-order chi connectivity index (χ1) is 6.42. The predicted octanol–water partition coefficient (Wildman–Crippen LogP) is 3.03. The van der Waals surface area contributed by atoms with Crippen LogP contribution in [0.15, 0.2) is 0 Å². The minimum atomic E-state index is -0.764. The fourth-order valence-corrected chi connectivity index (χ4v) is 1.36. The summed E-state index contributed by atoms with van der Waals surface area (Å²) in [5.41, 5.74) is -1.06. The second kappa shape index (κ2) is 4.25. The number of aliphatic hydroxyl groups is 1. The van der Waals surface area contributed by atoms with Crippen molar-refractivity contribution in [1.82, 2.24) is 0 Å². The van der Waals surface area contributed by atoms with E-state index in [4.69, 9.17) is 0 Å². The van der Waals surface area contributed by atoms with Gasteiger partial charge in [-0.3, -0.25) is 0 Å². The molecule has 0 radical (unpaired) electrons. The van der Waals surface area contributed by atoms with Crippen LogP contribution in [0, 0.1) is 16.7 Å². The number of rotatable bonds is 4.